The minimum atomic E-state index is -0.513. The molecule has 0 bridgehead atoms. The lowest BCUT2D eigenvalue weighted by atomic mass is 10.1. The van der Waals surface area contributed by atoms with E-state index in [9.17, 15) is 4.79 Å². The maximum Gasteiger partial charge on any atom is 0.252 e. The molecule has 1 aromatic rings. The van der Waals surface area contributed by atoms with Crippen LogP contribution in [-0.4, -0.2) is 50.3 Å². The highest BCUT2D eigenvalue weighted by Crippen LogP contribution is 2.21. The number of benzene rings is 1. The summed E-state index contributed by atoms with van der Waals surface area (Å²) in [6.07, 6.45) is 0. The van der Waals surface area contributed by atoms with Crippen LogP contribution < -0.4 is 16.2 Å². The Balaban J connectivity index is 1.91. The van der Waals surface area contributed by atoms with Gasteiger partial charge in [0.25, 0.3) is 5.91 Å². The van der Waals surface area contributed by atoms with Crippen molar-refractivity contribution >= 4 is 11.6 Å². The van der Waals surface area contributed by atoms with E-state index in [-0.39, 0.29) is 0 Å². The van der Waals surface area contributed by atoms with Crippen molar-refractivity contribution in [2.75, 3.05) is 45.2 Å². The minimum absolute atomic E-state index is 0.358. The van der Waals surface area contributed by atoms with Crippen LogP contribution in [0.1, 0.15) is 10.4 Å². The van der Waals surface area contributed by atoms with E-state index >= 15 is 0 Å². The molecule has 1 fully saturated rings. The lowest BCUT2D eigenvalue weighted by molar-refractivity contribution is 0.0322. The Bertz CT molecular complexity index is 445. The quantitative estimate of drug-likeness (QED) is 0.736. The Labute approximate surface area is 112 Å². The average Bonchev–Trinajstić information content (AvgIpc) is 2.39. The highest BCUT2D eigenvalue weighted by atomic mass is 16.5. The lowest BCUT2D eigenvalue weighted by Crippen LogP contribution is -2.38. The molecule has 1 aliphatic rings. The number of hydrogen-bond acceptors (Lipinski definition) is 5. The molecule has 2 rings (SSSR count). The van der Waals surface area contributed by atoms with Gasteiger partial charge in [0.2, 0.25) is 0 Å². The molecule has 0 aromatic heterocycles. The van der Waals surface area contributed by atoms with Crippen LogP contribution in [0.3, 0.4) is 0 Å². The predicted molar refractivity (Wildman–Crippen MR) is 72.1 cm³/mol. The standard InChI is InChI=1S/C13H19N3O3/c14-10-1-2-11(13(15)17)12(9-10)19-8-5-16-3-6-18-7-4-16/h1-2,9H,3-8,14H2,(H2,15,17). The van der Waals surface area contributed by atoms with Gasteiger partial charge < -0.3 is 20.9 Å². The van der Waals surface area contributed by atoms with Gasteiger partial charge in [-0.05, 0) is 12.1 Å². The highest BCUT2D eigenvalue weighted by Gasteiger charge is 2.12. The molecule has 0 saturated carbocycles. The Morgan fingerprint density at radius 1 is 1.37 bits per heavy atom. The maximum absolute atomic E-state index is 11.3. The Hall–Kier alpha value is -1.79. The number of hydrogen-bond donors (Lipinski definition) is 2. The molecular formula is C13H19N3O3. The zero-order valence-corrected chi connectivity index (χ0v) is 10.8. The van der Waals surface area contributed by atoms with Gasteiger partial charge in [0.1, 0.15) is 12.4 Å². The van der Waals surface area contributed by atoms with E-state index in [4.69, 9.17) is 20.9 Å². The van der Waals surface area contributed by atoms with E-state index in [0.717, 1.165) is 32.8 Å². The summed E-state index contributed by atoms with van der Waals surface area (Å²) < 4.78 is 10.9. The molecule has 1 saturated heterocycles. The summed E-state index contributed by atoms with van der Waals surface area (Å²) in [4.78, 5) is 13.5. The fourth-order valence-electron chi connectivity index (χ4n) is 1.97. The van der Waals surface area contributed by atoms with Gasteiger partial charge in [-0.1, -0.05) is 0 Å². The Morgan fingerprint density at radius 2 is 2.11 bits per heavy atom. The molecule has 1 aliphatic heterocycles. The summed E-state index contributed by atoms with van der Waals surface area (Å²) in [7, 11) is 0. The van der Waals surface area contributed by atoms with Gasteiger partial charge in [0.15, 0.2) is 0 Å². The second-order valence-corrected chi connectivity index (χ2v) is 4.42. The molecule has 4 N–H and O–H groups in total. The molecule has 1 aromatic carbocycles. The van der Waals surface area contributed by atoms with Crippen LogP contribution in [-0.2, 0) is 4.74 Å². The number of rotatable bonds is 5. The molecule has 1 amide bonds. The van der Waals surface area contributed by atoms with Gasteiger partial charge >= 0.3 is 0 Å². The molecule has 0 radical (unpaired) electrons. The molecule has 6 heteroatoms. The third-order valence-corrected chi connectivity index (χ3v) is 3.04. The lowest BCUT2D eigenvalue weighted by Gasteiger charge is -2.26. The SMILES string of the molecule is NC(=O)c1ccc(N)cc1OCCN1CCOCC1. The summed E-state index contributed by atoms with van der Waals surface area (Å²) in [5, 5.41) is 0. The molecule has 0 aliphatic carbocycles. The maximum atomic E-state index is 11.3. The number of carbonyl (C=O) groups excluding carboxylic acids is 1. The first-order valence-electron chi connectivity index (χ1n) is 6.29. The number of ether oxygens (including phenoxy) is 2. The number of carbonyl (C=O) groups is 1. The van der Waals surface area contributed by atoms with Crippen LogP contribution in [0.5, 0.6) is 5.75 Å². The van der Waals surface area contributed by atoms with E-state index in [1.807, 2.05) is 0 Å². The van der Waals surface area contributed by atoms with Crippen molar-refractivity contribution in [3.05, 3.63) is 23.8 Å². The van der Waals surface area contributed by atoms with Crippen molar-refractivity contribution in [3.8, 4) is 5.75 Å². The predicted octanol–water partition coefficient (Wildman–Crippen LogP) is 0.0787. The average molecular weight is 265 g/mol. The summed E-state index contributed by atoms with van der Waals surface area (Å²) >= 11 is 0. The fraction of sp³-hybridized carbons (Fsp3) is 0.462. The minimum Gasteiger partial charge on any atom is -0.491 e. The van der Waals surface area contributed by atoms with Crippen LogP contribution in [0.2, 0.25) is 0 Å². The first-order chi connectivity index (χ1) is 9.16. The second-order valence-electron chi connectivity index (χ2n) is 4.42. The van der Waals surface area contributed by atoms with Crippen LogP contribution in [0.15, 0.2) is 18.2 Å². The van der Waals surface area contributed by atoms with Crippen molar-refractivity contribution in [1.82, 2.24) is 4.90 Å². The number of anilines is 1. The number of morpholine rings is 1. The number of primary amides is 1. The molecule has 1 heterocycles. The first-order valence-corrected chi connectivity index (χ1v) is 6.29. The third kappa shape index (κ3) is 3.84. The van der Waals surface area contributed by atoms with Crippen molar-refractivity contribution < 1.29 is 14.3 Å². The largest absolute Gasteiger partial charge is 0.491 e. The van der Waals surface area contributed by atoms with Crippen molar-refractivity contribution in [2.45, 2.75) is 0 Å². The van der Waals surface area contributed by atoms with E-state index in [2.05, 4.69) is 4.90 Å². The van der Waals surface area contributed by atoms with E-state index in [1.54, 1.807) is 18.2 Å². The van der Waals surface area contributed by atoms with Gasteiger partial charge in [0.05, 0.1) is 18.8 Å². The van der Waals surface area contributed by atoms with Crippen LogP contribution in [0, 0.1) is 0 Å². The van der Waals surface area contributed by atoms with Crippen molar-refractivity contribution in [1.29, 1.82) is 0 Å². The molecule has 104 valence electrons. The highest BCUT2D eigenvalue weighted by molar-refractivity contribution is 5.96. The van der Waals surface area contributed by atoms with Gasteiger partial charge in [-0.25, -0.2) is 0 Å². The number of amides is 1. The van der Waals surface area contributed by atoms with Gasteiger partial charge in [-0.3, -0.25) is 9.69 Å². The van der Waals surface area contributed by atoms with Crippen LogP contribution in [0.25, 0.3) is 0 Å². The molecule has 0 atom stereocenters. The first kappa shape index (κ1) is 13.6. The van der Waals surface area contributed by atoms with Gasteiger partial charge in [-0.2, -0.15) is 0 Å². The van der Waals surface area contributed by atoms with Crippen LogP contribution >= 0.6 is 0 Å². The Kier molecular flexibility index (Phi) is 4.59. The number of nitrogens with two attached hydrogens (primary N) is 2. The normalized spacial score (nSPS) is 16.2. The molecule has 0 spiro atoms. The van der Waals surface area contributed by atoms with E-state index in [1.165, 1.54) is 0 Å². The van der Waals surface area contributed by atoms with Gasteiger partial charge in [0, 0.05) is 31.4 Å². The van der Waals surface area contributed by atoms with Crippen molar-refractivity contribution in [3.63, 3.8) is 0 Å². The van der Waals surface area contributed by atoms with Crippen LogP contribution in [0.4, 0.5) is 5.69 Å². The number of nitrogen functional groups attached to an aromatic ring is 1. The monoisotopic (exact) mass is 265 g/mol. The fourth-order valence-corrected chi connectivity index (χ4v) is 1.97. The summed E-state index contributed by atoms with van der Waals surface area (Å²) in [6.45, 7) is 4.60. The topological polar surface area (TPSA) is 90.8 Å². The molecule has 0 unspecified atom stereocenters. The molecular weight excluding hydrogens is 246 g/mol. The van der Waals surface area contributed by atoms with E-state index in [0.29, 0.717) is 23.6 Å². The zero-order valence-electron chi connectivity index (χ0n) is 10.8. The molecule has 19 heavy (non-hydrogen) atoms. The summed E-state index contributed by atoms with van der Waals surface area (Å²) in [5.74, 6) is -0.0675. The zero-order chi connectivity index (χ0) is 13.7. The third-order valence-electron chi connectivity index (χ3n) is 3.04. The van der Waals surface area contributed by atoms with Crippen molar-refractivity contribution in [2.24, 2.45) is 5.73 Å². The summed E-state index contributed by atoms with van der Waals surface area (Å²) in [6, 6.07) is 4.84. The molecule has 6 nitrogen and oxygen atoms in total. The summed E-state index contributed by atoms with van der Waals surface area (Å²) in [5.41, 5.74) is 11.9. The van der Waals surface area contributed by atoms with Gasteiger partial charge in [-0.15, -0.1) is 0 Å². The number of nitrogens with zero attached hydrogens (tertiary/aromatic N) is 1. The Morgan fingerprint density at radius 3 is 2.79 bits per heavy atom. The van der Waals surface area contributed by atoms with E-state index < -0.39 is 5.91 Å². The second kappa shape index (κ2) is 6.40. The smallest absolute Gasteiger partial charge is 0.252 e.